The fraction of sp³-hybridized carbons (Fsp3) is 0.636. The number of hydrogen-bond donors (Lipinski definition) is 1. The molecule has 0 aliphatic heterocycles. The van der Waals surface area contributed by atoms with Crippen LogP contribution in [-0.4, -0.2) is 6.54 Å². The van der Waals surface area contributed by atoms with Gasteiger partial charge in [0.1, 0.15) is 0 Å². The Kier molecular flexibility index (Phi) is 8.14. The summed E-state index contributed by atoms with van der Waals surface area (Å²) in [7, 11) is 0. The topological polar surface area (TPSA) is 26.0 Å². The highest BCUT2D eigenvalue weighted by Crippen LogP contribution is 2.17. The van der Waals surface area contributed by atoms with Gasteiger partial charge >= 0.3 is 0 Å². The molecule has 0 atom stereocenters. The van der Waals surface area contributed by atoms with Crippen molar-refractivity contribution in [3.63, 3.8) is 0 Å². The van der Waals surface area contributed by atoms with E-state index >= 15 is 0 Å². The monoisotopic (exact) mass is 167 g/mol. The molecule has 0 saturated carbocycles. The van der Waals surface area contributed by atoms with Crippen molar-refractivity contribution in [1.29, 1.82) is 0 Å². The van der Waals surface area contributed by atoms with E-state index in [1.165, 1.54) is 12.8 Å². The predicted molar refractivity (Wildman–Crippen MR) is 56.0 cm³/mol. The molecule has 1 heteroatoms. The Balaban J connectivity index is 3.47. The summed E-state index contributed by atoms with van der Waals surface area (Å²) in [6, 6.07) is 0. The van der Waals surface area contributed by atoms with Crippen molar-refractivity contribution >= 4 is 0 Å². The molecule has 0 aliphatic rings. The highest BCUT2D eigenvalue weighted by atomic mass is 14.5. The largest absolute Gasteiger partial charge is 0.330 e. The van der Waals surface area contributed by atoms with Gasteiger partial charge < -0.3 is 5.73 Å². The smallest absolute Gasteiger partial charge is 0.00773 e. The molecular formula is C11H21N. The molecular weight excluding hydrogens is 146 g/mol. The first-order chi connectivity index (χ1) is 5.85. The Morgan fingerprint density at radius 2 is 1.67 bits per heavy atom. The lowest BCUT2D eigenvalue weighted by atomic mass is 9.95. The van der Waals surface area contributed by atoms with Crippen LogP contribution in [0.5, 0.6) is 0 Å². The second-order valence-corrected chi connectivity index (χ2v) is 3.20. The summed E-state index contributed by atoms with van der Waals surface area (Å²) in [5.74, 6) is 0.742. The highest BCUT2D eigenvalue weighted by molar-refractivity contribution is 4.79. The van der Waals surface area contributed by atoms with Crippen molar-refractivity contribution in [2.75, 3.05) is 6.54 Å². The molecule has 0 saturated heterocycles. The number of allylic oxidation sites excluding steroid dienone is 2. The number of rotatable bonds is 8. The zero-order chi connectivity index (χ0) is 9.23. The fourth-order valence-electron chi connectivity index (χ4n) is 1.38. The van der Waals surface area contributed by atoms with Gasteiger partial charge in [-0.15, -0.1) is 13.2 Å². The fourth-order valence-corrected chi connectivity index (χ4v) is 1.38. The van der Waals surface area contributed by atoms with Crippen LogP contribution in [0.15, 0.2) is 25.3 Å². The van der Waals surface area contributed by atoms with Gasteiger partial charge in [0.25, 0.3) is 0 Å². The molecule has 0 fully saturated rings. The zero-order valence-corrected chi connectivity index (χ0v) is 7.97. The summed E-state index contributed by atoms with van der Waals surface area (Å²) in [6.45, 7) is 8.32. The molecule has 0 radical (unpaired) electrons. The standard InChI is InChI=1S/C11H21N/c1-3-7-11(8-4-2)9-5-6-10-12/h3-4,11H,1-2,5-10,12H2. The van der Waals surface area contributed by atoms with Gasteiger partial charge in [0.05, 0.1) is 0 Å². The van der Waals surface area contributed by atoms with Crippen LogP contribution in [0.4, 0.5) is 0 Å². The first kappa shape index (κ1) is 11.4. The molecule has 0 aliphatic carbocycles. The van der Waals surface area contributed by atoms with Crippen LogP contribution in [0.1, 0.15) is 32.1 Å². The molecule has 70 valence electrons. The SMILES string of the molecule is C=CCC(CC=C)CCCCN. The molecule has 0 spiro atoms. The van der Waals surface area contributed by atoms with Crippen LogP contribution in [0.2, 0.25) is 0 Å². The van der Waals surface area contributed by atoms with Crippen molar-refractivity contribution in [2.45, 2.75) is 32.1 Å². The summed E-state index contributed by atoms with van der Waals surface area (Å²) in [5.41, 5.74) is 5.42. The van der Waals surface area contributed by atoms with Crippen molar-refractivity contribution < 1.29 is 0 Å². The van der Waals surface area contributed by atoms with Crippen LogP contribution in [0.25, 0.3) is 0 Å². The van der Waals surface area contributed by atoms with Crippen molar-refractivity contribution in [3.8, 4) is 0 Å². The Labute approximate surface area is 76.3 Å². The van der Waals surface area contributed by atoms with Gasteiger partial charge in [-0.3, -0.25) is 0 Å². The average molecular weight is 167 g/mol. The summed E-state index contributed by atoms with van der Waals surface area (Å²) in [4.78, 5) is 0. The van der Waals surface area contributed by atoms with Gasteiger partial charge in [-0.1, -0.05) is 18.6 Å². The molecule has 0 aromatic carbocycles. The van der Waals surface area contributed by atoms with E-state index < -0.39 is 0 Å². The molecule has 0 aromatic heterocycles. The van der Waals surface area contributed by atoms with Gasteiger partial charge in [0.2, 0.25) is 0 Å². The van der Waals surface area contributed by atoms with Crippen LogP contribution in [0.3, 0.4) is 0 Å². The van der Waals surface area contributed by atoms with Gasteiger partial charge in [-0.05, 0) is 38.1 Å². The first-order valence-electron chi connectivity index (χ1n) is 4.77. The first-order valence-corrected chi connectivity index (χ1v) is 4.77. The normalized spacial score (nSPS) is 10.2. The van der Waals surface area contributed by atoms with E-state index in [1.54, 1.807) is 0 Å². The van der Waals surface area contributed by atoms with Crippen molar-refractivity contribution in [2.24, 2.45) is 11.7 Å². The Morgan fingerprint density at radius 1 is 1.08 bits per heavy atom. The van der Waals surface area contributed by atoms with Gasteiger partial charge in [-0.2, -0.15) is 0 Å². The minimum Gasteiger partial charge on any atom is -0.330 e. The minimum atomic E-state index is 0.742. The second-order valence-electron chi connectivity index (χ2n) is 3.20. The molecule has 1 nitrogen and oxygen atoms in total. The molecule has 0 amide bonds. The number of hydrogen-bond acceptors (Lipinski definition) is 1. The van der Waals surface area contributed by atoms with E-state index in [4.69, 9.17) is 5.73 Å². The summed E-state index contributed by atoms with van der Waals surface area (Å²) in [5, 5.41) is 0. The van der Waals surface area contributed by atoms with E-state index in [0.29, 0.717) is 0 Å². The van der Waals surface area contributed by atoms with E-state index in [2.05, 4.69) is 13.2 Å². The van der Waals surface area contributed by atoms with E-state index in [-0.39, 0.29) is 0 Å². The Bertz CT molecular complexity index is 108. The Hall–Kier alpha value is -0.560. The maximum Gasteiger partial charge on any atom is -0.00773 e. The lowest BCUT2D eigenvalue weighted by Crippen LogP contribution is -2.02. The summed E-state index contributed by atoms with van der Waals surface area (Å²) in [6.07, 6.45) is 9.85. The maximum absolute atomic E-state index is 5.42. The highest BCUT2D eigenvalue weighted by Gasteiger charge is 2.03. The molecule has 12 heavy (non-hydrogen) atoms. The van der Waals surface area contributed by atoms with Gasteiger partial charge in [-0.25, -0.2) is 0 Å². The third-order valence-corrected chi connectivity index (χ3v) is 2.07. The summed E-state index contributed by atoms with van der Waals surface area (Å²) >= 11 is 0. The van der Waals surface area contributed by atoms with Crippen LogP contribution >= 0.6 is 0 Å². The molecule has 0 rings (SSSR count). The summed E-state index contributed by atoms with van der Waals surface area (Å²) < 4.78 is 0. The number of nitrogens with two attached hydrogens (primary N) is 1. The second kappa shape index (κ2) is 8.54. The predicted octanol–water partition coefficient (Wildman–Crippen LogP) is 2.88. The Morgan fingerprint density at radius 3 is 2.08 bits per heavy atom. The third-order valence-electron chi connectivity index (χ3n) is 2.07. The molecule has 0 bridgehead atoms. The average Bonchev–Trinajstić information content (AvgIpc) is 2.06. The van der Waals surface area contributed by atoms with Crippen LogP contribution < -0.4 is 5.73 Å². The van der Waals surface area contributed by atoms with Gasteiger partial charge in [0.15, 0.2) is 0 Å². The molecule has 0 aromatic rings. The van der Waals surface area contributed by atoms with Crippen molar-refractivity contribution in [3.05, 3.63) is 25.3 Å². The maximum atomic E-state index is 5.42. The van der Waals surface area contributed by atoms with E-state index in [0.717, 1.165) is 31.7 Å². The van der Waals surface area contributed by atoms with E-state index in [1.807, 2.05) is 12.2 Å². The number of unbranched alkanes of at least 4 members (excludes halogenated alkanes) is 1. The van der Waals surface area contributed by atoms with Crippen LogP contribution in [-0.2, 0) is 0 Å². The zero-order valence-electron chi connectivity index (χ0n) is 7.97. The lowest BCUT2D eigenvalue weighted by Gasteiger charge is -2.11. The van der Waals surface area contributed by atoms with E-state index in [9.17, 15) is 0 Å². The third kappa shape index (κ3) is 6.17. The van der Waals surface area contributed by atoms with Gasteiger partial charge in [0, 0.05) is 0 Å². The van der Waals surface area contributed by atoms with Crippen LogP contribution in [0, 0.1) is 5.92 Å². The molecule has 2 N–H and O–H groups in total. The molecule has 0 heterocycles. The van der Waals surface area contributed by atoms with Crippen molar-refractivity contribution in [1.82, 2.24) is 0 Å². The minimum absolute atomic E-state index is 0.742. The quantitative estimate of drug-likeness (QED) is 0.436. The lowest BCUT2D eigenvalue weighted by molar-refractivity contribution is 0.471. The molecule has 0 unspecified atom stereocenters.